The SMILES string of the molecule is COC(=O)[C@H]1OC[C@@H]2OC(C)(C)O[C@@H]21. The average molecular weight is 202 g/mol. The fourth-order valence-electron chi connectivity index (χ4n) is 1.86. The Labute approximate surface area is 82.3 Å². The molecular weight excluding hydrogens is 188 g/mol. The van der Waals surface area contributed by atoms with Gasteiger partial charge < -0.3 is 18.9 Å². The molecule has 80 valence electrons. The van der Waals surface area contributed by atoms with E-state index in [2.05, 4.69) is 4.74 Å². The number of carbonyl (C=O) groups excluding carboxylic acids is 1. The van der Waals surface area contributed by atoms with Crippen LogP contribution in [-0.2, 0) is 23.7 Å². The molecule has 0 radical (unpaired) electrons. The number of hydrogen-bond acceptors (Lipinski definition) is 5. The number of methoxy groups -OCH3 is 1. The van der Waals surface area contributed by atoms with E-state index < -0.39 is 17.9 Å². The summed E-state index contributed by atoms with van der Waals surface area (Å²) in [5, 5.41) is 0. The van der Waals surface area contributed by atoms with Crippen molar-refractivity contribution in [3.8, 4) is 0 Å². The molecule has 5 heteroatoms. The molecule has 0 N–H and O–H groups in total. The van der Waals surface area contributed by atoms with Crippen molar-refractivity contribution in [2.75, 3.05) is 13.7 Å². The highest BCUT2D eigenvalue weighted by atomic mass is 16.8. The van der Waals surface area contributed by atoms with Gasteiger partial charge in [-0.1, -0.05) is 0 Å². The van der Waals surface area contributed by atoms with Crippen LogP contribution in [0.1, 0.15) is 13.8 Å². The molecule has 0 amide bonds. The van der Waals surface area contributed by atoms with Gasteiger partial charge in [-0.25, -0.2) is 4.79 Å². The first-order valence-corrected chi connectivity index (χ1v) is 4.58. The summed E-state index contributed by atoms with van der Waals surface area (Å²) in [7, 11) is 1.33. The lowest BCUT2D eigenvalue weighted by Gasteiger charge is -2.20. The van der Waals surface area contributed by atoms with Crippen LogP contribution in [0.25, 0.3) is 0 Å². The van der Waals surface area contributed by atoms with Crippen molar-refractivity contribution < 1.29 is 23.7 Å². The lowest BCUT2D eigenvalue weighted by molar-refractivity contribution is -0.185. The van der Waals surface area contributed by atoms with E-state index in [4.69, 9.17) is 14.2 Å². The van der Waals surface area contributed by atoms with E-state index in [1.807, 2.05) is 13.8 Å². The molecule has 5 nitrogen and oxygen atoms in total. The Bertz CT molecular complexity index is 250. The van der Waals surface area contributed by atoms with Crippen LogP contribution in [-0.4, -0.2) is 43.8 Å². The number of esters is 1. The predicted molar refractivity (Wildman–Crippen MR) is 45.6 cm³/mol. The Balaban J connectivity index is 2.08. The minimum atomic E-state index is -0.647. The molecule has 0 aromatic heterocycles. The molecule has 2 fully saturated rings. The molecule has 2 aliphatic heterocycles. The van der Waals surface area contributed by atoms with Crippen molar-refractivity contribution in [2.45, 2.75) is 37.9 Å². The molecule has 0 saturated carbocycles. The van der Waals surface area contributed by atoms with Crippen molar-refractivity contribution >= 4 is 5.97 Å². The van der Waals surface area contributed by atoms with Crippen molar-refractivity contribution in [1.29, 1.82) is 0 Å². The monoisotopic (exact) mass is 202 g/mol. The molecule has 0 aromatic carbocycles. The van der Waals surface area contributed by atoms with Crippen LogP contribution in [0.2, 0.25) is 0 Å². The second-order valence-electron chi connectivity index (χ2n) is 3.92. The van der Waals surface area contributed by atoms with Crippen molar-refractivity contribution in [2.24, 2.45) is 0 Å². The maximum Gasteiger partial charge on any atom is 0.337 e. The summed E-state index contributed by atoms with van der Waals surface area (Å²) in [5.74, 6) is -1.04. The van der Waals surface area contributed by atoms with Crippen molar-refractivity contribution in [3.05, 3.63) is 0 Å². The van der Waals surface area contributed by atoms with E-state index in [-0.39, 0.29) is 12.2 Å². The highest BCUT2D eigenvalue weighted by molar-refractivity contribution is 5.75. The summed E-state index contributed by atoms with van der Waals surface area (Å²) in [6, 6.07) is 0. The highest BCUT2D eigenvalue weighted by Crippen LogP contribution is 2.35. The number of hydrogen-bond donors (Lipinski definition) is 0. The lowest BCUT2D eigenvalue weighted by Crippen LogP contribution is -2.36. The topological polar surface area (TPSA) is 54.0 Å². The fourth-order valence-corrected chi connectivity index (χ4v) is 1.86. The normalized spacial score (nSPS) is 39.5. The van der Waals surface area contributed by atoms with E-state index in [0.29, 0.717) is 6.61 Å². The summed E-state index contributed by atoms with van der Waals surface area (Å²) in [4.78, 5) is 11.3. The van der Waals surface area contributed by atoms with Crippen LogP contribution in [0.15, 0.2) is 0 Å². The minimum absolute atomic E-state index is 0.158. The van der Waals surface area contributed by atoms with Gasteiger partial charge >= 0.3 is 5.97 Å². The first-order valence-electron chi connectivity index (χ1n) is 4.58. The van der Waals surface area contributed by atoms with E-state index in [9.17, 15) is 4.79 Å². The Kier molecular flexibility index (Phi) is 2.25. The third-order valence-corrected chi connectivity index (χ3v) is 2.39. The standard InChI is InChI=1S/C9H14O5/c1-9(2)13-5-4-12-7(6(5)14-9)8(10)11-3/h5-7H,4H2,1-3H3/t5-,6-,7-/m0/s1. The molecule has 0 aromatic rings. The zero-order valence-electron chi connectivity index (χ0n) is 8.48. The lowest BCUT2D eigenvalue weighted by atomic mass is 10.1. The van der Waals surface area contributed by atoms with Gasteiger partial charge in [-0.05, 0) is 13.8 Å². The molecule has 0 spiro atoms. The van der Waals surface area contributed by atoms with Crippen LogP contribution in [0.5, 0.6) is 0 Å². The molecule has 0 bridgehead atoms. The third kappa shape index (κ3) is 1.51. The average Bonchev–Trinajstić information content (AvgIpc) is 2.58. The smallest absolute Gasteiger partial charge is 0.337 e. The van der Waals surface area contributed by atoms with E-state index in [0.717, 1.165) is 0 Å². The van der Waals surface area contributed by atoms with Gasteiger partial charge in [0, 0.05) is 0 Å². The molecule has 14 heavy (non-hydrogen) atoms. The van der Waals surface area contributed by atoms with Gasteiger partial charge in [0.05, 0.1) is 13.7 Å². The minimum Gasteiger partial charge on any atom is -0.467 e. The quantitative estimate of drug-likeness (QED) is 0.563. The maximum absolute atomic E-state index is 11.3. The summed E-state index contributed by atoms with van der Waals surface area (Å²) < 4.78 is 21.0. The summed E-state index contributed by atoms with van der Waals surface area (Å²) >= 11 is 0. The van der Waals surface area contributed by atoms with Gasteiger partial charge in [0.25, 0.3) is 0 Å². The van der Waals surface area contributed by atoms with Crippen LogP contribution in [0, 0.1) is 0 Å². The van der Waals surface area contributed by atoms with Gasteiger partial charge in [-0.3, -0.25) is 0 Å². The first kappa shape index (κ1) is 9.89. The van der Waals surface area contributed by atoms with Crippen LogP contribution >= 0.6 is 0 Å². The summed E-state index contributed by atoms with van der Waals surface area (Å²) in [6.45, 7) is 4.02. The molecule has 2 rings (SSSR count). The fraction of sp³-hybridized carbons (Fsp3) is 0.889. The van der Waals surface area contributed by atoms with Crippen LogP contribution in [0.3, 0.4) is 0 Å². The zero-order valence-corrected chi connectivity index (χ0v) is 8.48. The summed E-state index contributed by atoms with van der Waals surface area (Å²) in [6.07, 6.45) is -1.14. The second kappa shape index (κ2) is 3.18. The number of fused-ring (bicyclic) bond motifs is 1. The Morgan fingerprint density at radius 3 is 2.79 bits per heavy atom. The van der Waals surface area contributed by atoms with Crippen LogP contribution in [0.4, 0.5) is 0 Å². The molecule has 0 aliphatic carbocycles. The van der Waals surface area contributed by atoms with Gasteiger partial charge in [-0.15, -0.1) is 0 Å². The predicted octanol–water partition coefficient (Wildman–Crippen LogP) is 0.0783. The van der Waals surface area contributed by atoms with Gasteiger partial charge in [0.2, 0.25) is 0 Å². The van der Waals surface area contributed by atoms with E-state index >= 15 is 0 Å². The molecule has 3 atom stereocenters. The van der Waals surface area contributed by atoms with Gasteiger partial charge in [0.1, 0.15) is 12.2 Å². The van der Waals surface area contributed by atoms with Crippen molar-refractivity contribution in [3.63, 3.8) is 0 Å². The molecule has 0 unspecified atom stereocenters. The molecule has 2 aliphatic rings. The van der Waals surface area contributed by atoms with Crippen molar-refractivity contribution in [1.82, 2.24) is 0 Å². The van der Waals surface area contributed by atoms with Gasteiger partial charge in [-0.2, -0.15) is 0 Å². The zero-order chi connectivity index (χ0) is 10.3. The first-order chi connectivity index (χ1) is 6.53. The number of carbonyl (C=O) groups is 1. The third-order valence-electron chi connectivity index (χ3n) is 2.39. The number of ether oxygens (including phenoxy) is 4. The van der Waals surface area contributed by atoms with Gasteiger partial charge in [0.15, 0.2) is 11.9 Å². The molecule has 2 heterocycles. The van der Waals surface area contributed by atoms with E-state index in [1.54, 1.807) is 0 Å². The molecule has 2 saturated heterocycles. The number of rotatable bonds is 1. The van der Waals surface area contributed by atoms with E-state index in [1.165, 1.54) is 7.11 Å². The molecular formula is C9H14O5. The second-order valence-corrected chi connectivity index (χ2v) is 3.92. The maximum atomic E-state index is 11.3. The largest absolute Gasteiger partial charge is 0.467 e. The Hall–Kier alpha value is -0.650. The Morgan fingerprint density at radius 1 is 1.43 bits per heavy atom. The summed E-state index contributed by atoms with van der Waals surface area (Å²) in [5.41, 5.74) is 0. The van der Waals surface area contributed by atoms with Crippen LogP contribution < -0.4 is 0 Å². The Morgan fingerprint density at radius 2 is 2.14 bits per heavy atom. The highest BCUT2D eigenvalue weighted by Gasteiger charge is 2.53.